The van der Waals surface area contributed by atoms with Crippen LogP contribution in [0, 0.1) is 5.92 Å². The van der Waals surface area contributed by atoms with Gasteiger partial charge in [-0.15, -0.1) is 0 Å². The molecule has 0 aromatic carbocycles. The molecule has 0 aromatic heterocycles. The van der Waals surface area contributed by atoms with Crippen LogP contribution in [0.25, 0.3) is 0 Å². The second-order valence-electron chi connectivity index (χ2n) is 4.54. The van der Waals surface area contributed by atoms with Gasteiger partial charge in [0.1, 0.15) is 0 Å². The molecule has 4 nitrogen and oxygen atoms in total. The summed E-state index contributed by atoms with van der Waals surface area (Å²) in [5.41, 5.74) is 0. The number of hydrogen-bond acceptors (Lipinski definition) is 4. The lowest BCUT2D eigenvalue weighted by molar-refractivity contribution is -0.145. The van der Waals surface area contributed by atoms with E-state index in [2.05, 4.69) is 18.6 Å². The fourth-order valence-electron chi connectivity index (χ4n) is 1.39. The summed E-state index contributed by atoms with van der Waals surface area (Å²) >= 11 is 0. The van der Waals surface area contributed by atoms with Crippen molar-refractivity contribution in [3.05, 3.63) is 0 Å². The summed E-state index contributed by atoms with van der Waals surface area (Å²) in [6.07, 6.45) is 4.11. The van der Waals surface area contributed by atoms with Crippen molar-refractivity contribution >= 4 is 11.9 Å². The van der Waals surface area contributed by atoms with Gasteiger partial charge in [0.25, 0.3) is 0 Å². The van der Waals surface area contributed by atoms with E-state index in [1.54, 1.807) is 0 Å². The van der Waals surface area contributed by atoms with Crippen LogP contribution in [0.3, 0.4) is 0 Å². The van der Waals surface area contributed by atoms with E-state index in [1.165, 1.54) is 7.11 Å². The second-order valence-corrected chi connectivity index (χ2v) is 4.54. The third kappa shape index (κ3) is 11.2. The van der Waals surface area contributed by atoms with Gasteiger partial charge in [0.2, 0.25) is 0 Å². The number of unbranched alkanes of at least 4 members (excludes halogenated alkanes) is 1. The standard InChI is InChI=1S/C13H24O4/c1-11(2)7-6-10-17-13(15)9-5-4-8-12(14)16-3/h11H,4-10H2,1-3H3. The van der Waals surface area contributed by atoms with Crippen LogP contribution in [-0.4, -0.2) is 25.7 Å². The maximum atomic E-state index is 11.3. The molecular formula is C13H24O4. The molecule has 0 rings (SSSR count). The highest BCUT2D eigenvalue weighted by Crippen LogP contribution is 2.05. The predicted octanol–water partition coefficient (Wildman–Crippen LogP) is 2.70. The Morgan fingerprint density at radius 1 is 1.00 bits per heavy atom. The molecular weight excluding hydrogens is 220 g/mol. The van der Waals surface area contributed by atoms with Crippen molar-refractivity contribution < 1.29 is 19.1 Å². The first kappa shape index (κ1) is 15.9. The molecule has 0 amide bonds. The Kier molecular flexibility index (Phi) is 9.49. The molecule has 0 N–H and O–H groups in total. The van der Waals surface area contributed by atoms with E-state index in [1.807, 2.05) is 0 Å². The predicted molar refractivity (Wildman–Crippen MR) is 65.5 cm³/mol. The van der Waals surface area contributed by atoms with Gasteiger partial charge < -0.3 is 9.47 Å². The van der Waals surface area contributed by atoms with Gasteiger partial charge in [-0.05, 0) is 31.6 Å². The third-order valence-electron chi connectivity index (χ3n) is 2.43. The molecule has 4 heteroatoms. The Bertz CT molecular complexity index is 223. The molecule has 100 valence electrons. The fraction of sp³-hybridized carbons (Fsp3) is 0.846. The lowest BCUT2D eigenvalue weighted by Gasteiger charge is -2.06. The van der Waals surface area contributed by atoms with Gasteiger partial charge in [-0.3, -0.25) is 9.59 Å². The number of rotatable bonds is 9. The van der Waals surface area contributed by atoms with Crippen LogP contribution in [0.5, 0.6) is 0 Å². The molecule has 0 unspecified atom stereocenters. The van der Waals surface area contributed by atoms with Crippen molar-refractivity contribution in [2.45, 2.75) is 52.4 Å². The monoisotopic (exact) mass is 244 g/mol. The lowest BCUT2D eigenvalue weighted by Crippen LogP contribution is -2.07. The maximum Gasteiger partial charge on any atom is 0.305 e. The van der Waals surface area contributed by atoms with Gasteiger partial charge in [0, 0.05) is 12.8 Å². The summed E-state index contributed by atoms with van der Waals surface area (Å²) in [4.78, 5) is 22.1. The third-order valence-corrected chi connectivity index (χ3v) is 2.43. The van der Waals surface area contributed by atoms with Gasteiger partial charge in [-0.25, -0.2) is 0 Å². The zero-order valence-electron chi connectivity index (χ0n) is 11.2. The first-order chi connectivity index (χ1) is 8.06. The maximum absolute atomic E-state index is 11.3. The van der Waals surface area contributed by atoms with Crippen LogP contribution in [-0.2, 0) is 19.1 Å². The van der Waals surface area contributed by atoms with E-state index >= 15 is 0 Å². The molecule has 0 saturated heterocycles. The average Bonchev–Trinajstić information content (AvgIpc) is 2.29. The Labute approximate surface area is 104 Å². The number of carbonyl (C=O) groups excluding carboxylic acids is 2. The Morgan fingerprint density at radius 3 is 2.12 bits per heavy atom. The fourth-order valence-corrected chi connectivity index (χ4v) is 1.39. The molecule has 0 aliphatic carbocycles. The summed E-state index contributed by atoms with van der Waals surface area (Å²) in [5, 5.41) is 0. The van der Waals surface area contributed by atoms with Gasteiger partial charge >= 0.3 is 11.9 Å². The zero-order valence-corrected chi connectivity index (χ0v) is 11.2. The SMILES string of the molecule is COC(=O)CCCCC(=O)OCCCC(C)C. The van der Waals surface area contributed by atoms with E-state index in [0.717, 1.165) is 12.8 Å². The highest BCUT2D eigenvalue weighted by Gasteiger charge is 2.05. The quantitative estimate of drug-likeness (QED) is 0.462. The number of esters is 2. The number of carbonyl (C=O) groups is 2. The minimum Gasteiger partial charge on any atom is -0.469 e. The van der Waals surface area contributed by atoms with Gasteiger partial charge in [-0.1, -0.05) is 13.8 Å². The number of ether oxygens (including phenoxy) is 2. The van der Waals surface area contributed by atoms with E-state index in [4.69, 9.17) is 4.74 Å². The largest absolute Gasteiger partial charge is 0.469 e. The normalized spacial score (nSPS) is 10.4. The highest BCUT2D eigenvalue weighted by molar-refractivity contribution is 5.70. The molecule has 0 atom stereocenters. The highest BCUT2D eigenvalue weighted by atomic mass is 16.5. The molecule has 0 bridgehead atoms. The Balaban J connectivity index is 3.32. The first-order valence-corrected chi connectivity index (χ1v) is 6.28. The van der Waals surface area contributed by atoms with E-state index in [9.17, 15) is 9.59 Å². The molecule has 0 fully saturated rings. The number of methoxy groups -OCH3 is 1. The molecule has 0 radical (unpaired) electrons. The average molecular weight is 244 g/mol. The molecule has 0 aliphatic heterocycles. The van der Waals surface area contributed by atoms with Gasteiger partial charge in [0.15, 0.2) is 0 Å². The van der Waals surface area contributed by atoms with Crippen LogP contribution in [0.4, 0.5) is 0 Å². The van der Waals surface area contributed by atoms with Crippen molar-refractivity contribution in [3.63, 3.8) is 0 Å². The van der Waals surface area contributed by atoms with Crippen molar-refractivity contribution in [3.8, 4) is 0 Å². The first-order valence-electron chi connectivity index (χ1n) is 6.28. The summed E-state index contributed by atoms with van der Waals surface area (Å²) in [5.74, 6) is 0.252. The summed E-state index contributed by atoms with van der Waals surface area (Å²) in [6, 6.07) is 0. The molecule has 0 aliphatic rings. The van der Waals surface area contributed by atoms with Crippen molar-refractivity contribution in [1.29, 1.82) is 0 Å². The molecule has 17 heavy (non-hydrogen) atoms. The second kappa shape index (κ2) is 10.1. The van der Waals surface area contributed by atoms with Crippen molar-refractivity contribution in [2.24, 2.45) is 5.92 Å². The van der Waals surface area contributed by atoms with Crippen LogP contribution in [0.2, 0.25) is 0 Å². The van der Waals surface area contributed by atoms with Gasteiger partial charge in [-0.2, -0.15) is 0 Å². The Hall–Kier alpha value is -1.06. The van der Waals surface area contributed by atoms with Crippen molar-refractivity contribution in [2.75, 3.05) is 13.7 Å². The zero-order chi connectivity index (χ0) is 13.1. The minimum absolute atomic E-state index is 0.168. The van der Waals surface area contributed by atoms with Crippen LogP contribution >= 0.6 is 0 Å². The topological polar surface area (TPSA) is 52.6 Å². The van der Waals surface area contributed by atoms with E-state index in [-0.39, 0.29) is 11.9 Å². The molecule has 0 spiro atoms. The molecule has 0 aromatic rings. The number of hydrogen-bond donors (Lipinski definition) is 0. The summed E-state index contributed by atoms with van der Waals surface area (Å²) < 4.78 is 9.57. The van der Waals surface area contributed by atoms with E-state index < -0.39 is 0 Å². The molecule has 0 saturated carbocycles. The van der Waals surface area contributed by atoms with Crippen molar-refractivity contribution in [1.82, 2.24) is 0 Å². The minimum atomic E-state index is -0.227. The van der Waals surface area contributed by atoms with Crippen LogP contribution < -0.4 is 0 Å². The summed E-state index contributed by atoms with van der Waals surface area (Å²) in [7, 11) is 1.37. The summed E-state index contributed by atoms with van der Waals surface area (Å²) in [6.45, 7) is 4.80. The van der Waals surface area contributed by atoms with E-state index in [0.29, 0.717) is 38.2 Å². The molecule has 0 heterocycles. The smallest absolute Gasteiger partial charge is 0.305 e. The van der Waals surface area contributed by atoms with Gasteiger partial charge in [0.05, 0.1) is 13.7 Å². The Morgan fingerprint density at radius 2 is 1.59 bits per heavy atom. The van der Waals surface area contributed by atoms with Crippen LogP contribution in [0.15, 0.2) is 0 Å². The van der Waals surface area contributed by atoms with Crippen LogP contribution in [0.1, 0.15) is 52.4 Å². The lowest BCUT2D eigenvalue weighted by atomic mass is 10.1.